The lowest BCUT2D eigenvalue weighted by atomic mass is 9.86. The highest BCUT2D eigenvalue weighted by Gasteiger charge is 2.41. The van der Waals surface area contributed by atoms with Gasteiger partial charge in [0.15, 0.2) is 0 Å². The Balaban J connectivity index is 0.000000137. The van der Waals surface area contributed by atoms with Crippen LogP contribution in [0.2, 0.25) is 10.0 Å². The van der Waals surface area contributed by atoms with Crippen LogP contribution in [-0.2, 0) is 13.1 Å². The van der Waals surface area contributed by atoms with E-state index in [0.717, 1.165) is 73.5 Å². The van der Waals surface area contributed by atoms with Gasteiger partial charge in [0.25, 0.3) is 11.8 Å². The number of carbonyl (C=O) groups excluding carboxylic acids is 2. The average Bonchev–Trinajstić information content (AvgIpc) is 4.27. The molecule has 4 aromatic heterocycles. The molecule has 10 heteroatoms. The molecule has 6 aromatic carbocycles. The maximum Gasteiger partial charge on any atom is 0.251 e. The number of hydrogen-bond acceptors (Lipinski definition) is 6. The van der Waals surface area contributed by atoms with Crippen molar-refractivity contribution in [1.29, 1.82) is 0 Å². The molecular formula is C60H42Cl2N4O4. The van der Waals surface area contributed by atoms with Gasteiger partial charge in [-0.3, -0.25) is 19.6 Å². The molecule has 10 aromatic rings. The summed E-state index contributed by atoms with van der Waals surface area (Å²) in [7, 11) is 0. The first-order valence-corrected chi connectivity index (χ1v) is 24.3. The second-order valence-electron chi connectivity index (χ2n) is 18.7. The van der Waals surface area contributed by atoms with Crippen molar-refractivity contribution < 1.29 is 18.4 Å². The van der Waals surface area contributed by atoms with Gasteiger partial charge in [-0.15, -0.1) is 0 Å². The number of fused-ring (bicyclic) bond motifs is 14. The predicted molar refractivity (Wildman–Crippen MR) is 277 cm³/mol. The smallest absolute Gasteiger partial charge is 0.251 e. The van der Waals surface area contributed by atoms with Crippen LogP contribution in [0.3, 0.4) is 0 Å². The van der Waals surface area contributed by atoms with Crippen LogP contribution in [-0.4, -0.2) is 21.8 Å². The fourth-order valence-corrected chi connectivity index (χ4v) is 11.6. The number of hydrogen-bond donors (Lipinski definition) is 2. The molecule has 340 valence electrons. The number of aromatic nitrogens is 2. The van der Waals surface area contributed by atoms with Gasteiger partial charge in [0, 0.05) is 77.5 Å². The van der Waals surface area contributed by atoms with E-state index in [2.05, 4.69) is 75.2 Å². The number of allylic oxidation sites excluding steroid dienone is 4. The summed E-state index contributed by atoms with van der Waals surface area (Å²) in [6.45, 7) is 0.721. The summed E-state index contributed by atoms with van der Waals surface area (Å²) >= 11 is 12.2. The third-order valence-corrected chi connectivity index (χ3v) is 15.1. The van der Waals surface area contributed by atoms with E-state index in [4.69, 9.17) is 32.0 Å². The molecule has 0 saturated heterocycles. The van der Waals surface area contributed by atoms with Gasteiger partial charge in [-0.05, 0) is 119 Å². The number of furan rings is 2. The van der Waals surface area contributed by atoms with Crippen LogP contribution in [0.15, 0.2) is 179 Å². The van der Waals surface area contributed by atoms with Gasteiger partial charge in [0.1, 0.15) is 11.2 Å². The maximum absolute atomic E-state index is 13.0. The van der Waals surface area contributed by atoms with E-state index in [-0.39, 0.29) is 17.7 Å². The first-order chi connectivity index (χ1) is 34.3. The molecule has 0 aliphatic heterocycles. The Morgan fingerprint density at radius 3 is 1.54 bits per heavy atom. The Kier molecular flexibility index (Phi) is 10.3. The number of para-hydroxylation sites is 2. The van der Waals surface area contributed by atoms with E-state index in [1.54, 1.807) is 0 Å². The van der Waals surface area contributed by atoms with Gasteiger partial charge in [-0.1, -0.05) is 108 Å². The number of nitrogens with zero attached hydrogens (tertiary/aromatic N) is 2. The Morgan fingerprint density at radius 2 is 0.986 bits per heavy atom. The van der Waals surface area contributed by atoms with Crippen LogP contribution in [0, 0.1) is 0 Å². The zero-order chi connectivity index (χ0) is 47.0. The molecule has 4 aliphatic rings. The van der Waals surface area contributed by atoms with Crippen LogP contribution in [0.4, 0.5) is 0 Å². The largest absolute Gasteiger partial charge is 0.464 e. The van der Waals surface area contributed by atoms with E-state index in [0.29, 0.717) is 52.0 Å². The number of rotatable bonds is 8. The quantitative estimate of drug-likeness (QED) is 0.157. The van der Waals surface area contributed by atoms with Gasteiger partial charge in [0.2, 0.25) is 0 Å². The van der Waals surface area contributed by atoms with Crippen molar-refractivity contribution >= 4 is 89.9 Å². The van der Waals surface area contributed by atoms with Crippen molar-refractivity contribution in [2.24, 2.45) is 0 Å². The third-order valence-electron chi connectivity index (χ3n) is 14.6. The Labute approximate surface area is 412 Å². The van der Waals surface area contributed by atoms with Crippen molar-refractivity contribution in [3.05, 3.63) is 236 Å². The van der Waals surface area contributed by atoms with E-state index in [1.165, 1.54) is 39.0 Å². The minimum absolute atomic E-state index is 0.0893. The molecule has 0 fully saturated rings. The minimum Gasteiger partial charge on any atom is -0.464 e. The zero-order valence-corrected chi connectivity index (χ0v) is 39.1. The summed E-state index contributed by atoms with van der Waals surface area (Å²) < 4.78 is 11.6. The monoisotopic (exact) mass is 952 g/mol. The number of carbonyl (C=O) groups is 2. The van der Waals surface area contributed by atoms with Crippen LogP contribution in [0.1, 0.15) is 102 Å². The Bertz CT molecular complexity index is 3870. The van der Waals surface area contributed by atoms with Gasteiger partial charge >= 0.3 is 0 Å². The van der Waals surface area contributed by atoms with E-state index in [1.807, 2.05) is 116 Å². The lowest BCUT2D eigenvalue weighted by molar-refractivity contribution is 0.0942. The molecule has 4 atom stereocenters. The highest BCUT2D eigenvalue weighted by molar-refractivity contribution is 6.31. The second-order valence-corrected chi connectivity index (χ2v) is 19.5. The predicted octanol–water partition coefficient (Wildman–Crippen LogP) is 14.5. The van der Waals surface area contributed by atoms with Crippen molar-refractivity contribution in [3.8, 4) is 0 Å². The van der Waals surface area contributed by atoms with Crippen molar-refractivity contribution in [1.82, 2.24) is 20.6 Å². The molecule has 8 nitrogen and oxygen atoms in total. The highest BCUT2D eigenvalue weighted by Crippen LogP contribution is 2.58. The van der Waals surface area contributed by atoms with Crippen molar-refractivity contribution in [2.45, 2.75) is 49.6 Å². The number of nitrogens with one attached hydrogen (secondary N) is 2. The summed E-state index contributed by atoms with van der Waals surface area (Å²) in [5.41, 5.74) is 16.6. The topological polar surface area (TPSA) is 110 Å². The standard InChI is InChI=1S/2C30H21ClN2O2/c31-20-8-5-17-6-9-21(33-28(17)14-20)15-32-30(34)18-7-10-22-24(11-18)19-12-25(22)26(13-19)27-16-35-29-4-2-1-3-23(27)29;31-20-8-5-17-6-9-21(33-28(17)14-20)15-32-30(34)18-7-10-22-19-12-25(24(22)11-18)26(13-19)27-16-35-29-4-2-1-3-23(27)29/h2*1-11,13-14,16,19,25H,12,15H2,(H,32,34). The molecule has 4 heterocycles. The summed E-state index contributed by atoms with van der Waals surface area (Å²) in [5.74, 6) is 1.18. The molecule has 0 radical (unpaired) electrons. The summed E-state index contributed by atoms with van der Waals surface area (Å²) in [4.78, 5) is 35.3. The first kappa shape index (κ1) is 42.3. The van der Waals surface area contributed by atoms with Crippen LogP contribution in [0.25, 0.3) is 54.9 Å². The molecular weight excluding hydrogens is 912 g/mol. The first-order valence-electron chi connectivity index (χ1n) is 23.6. The summed E-state index contributed by atoms with van der Waals surface area (Å²) in [6.07, 6.45) is 10.6. The summed E-state index contributed by atoms with van der Waals surface area (Å²) in [5, 5.41) is 11.7. The van der Waals surface area contributed by atoms with Crippen LogP contribution in [0.5, 0.6) is 0 Å². The average molecular weight is 954 g/mol. The van der Waals surface area contributed by atoms with Crippen LogP contribution < -0.4 is 10.6 Å². The number of halogens is 2. The fourth-order valence-electron chi connectivity index (χ4n) is 11.3. The minimum atomic E-state index is -0.0946. The summed E-state index contributed by atoms with van der Waals surface area (Å²) in [6, 6.07) is 47.7. The molecule has 4 unspecified atom stereocenters. The maximum atomic E-state index is 13.0. The van der Waals surface area contributed by atoms with Gasteiger partial charge in [-0.25, -0.2) is 0 Å². The van der Waals surface area contributed by atoms with Gasteiger partial charge < -0.3 is 19.5 Å². The third kappa shape index (κ3) is 7.46. The molecule has 2 N–H and O–H groups in total. The Hall–Kier alpha value is -7.78. The van der Waals surface area contributed by atoms with Crippen molar-refractivity contribution in [2.75, 3.05) is 0 Å². The molecule has 4 bridgehead atoms. The molecule has 70 heavy (non-hydrogen) atoms. The highest BCUT2D eigenvalue weighted by atomic mass is 35.5. The van der Waals surface area contributed by atoms with E-state index >= 15 is 0 Å². The Morgan fingerprint density at radius 1 is 0.514 bits per heavy atom. The molecule has 4 aliphatic carbocycles. The van der Waals surface area contributed by atoms with Crippen LogP contribution >= 0.6 is 23.2 Å². The number of benzene rings is 6. The SMILES string of the molecule is O=C(NCc1ccc2ccc(Cl)cc2n1)c1ccc2c(c1)C1C=C(c3coc4ccccc34)C2C1.O=C(NCc1ccc2ccc(Cl)cc2n1)c1ccc2c(c1)C1CC2C=C1c1coc2ccccc12. The molecule has 0 saturated carbocycles. The normalized spacial score (nSPS) is 18.1. The lowest BCUT2D eigenvalue weighted by Crippen LogP contribution is -2.23. The zero-order valence-electron chi connectivity index (χ0n) is 37.6. The fraction of sp³-hybridized carbons (Fsp3) is 0.133. The van der Waals surface area contributed by atoms with Gasteiger partial charge in [0.05, 0.1) is 48.0 Å². The lowest BCUT2D eigenvalue weighted by Gasteiger charge is -2.18. The molecule has 14 rings (SSSR count). The van der Waals surface area contributed by atoms with E-state index < -0.39 is 0 Å². The number of pyridine rings is 2. The number of amides is 2. The molecule has 2 amide bonds. The van der Waals surface area contributed by atoms with Gasteiger partial charge in [-0.2, -0.15) is 0 Å². The second kappa shape index (κ2) is 17.0. The molecule has 0 spiro atoms. The van der Waals surface area contributed by atoms with E-state index in [9.17, 15) is 9.59 Å². The van der Waals surface area contributed by atoms with Crippen molar-refractivity contribution in [3.63, 3.8) is 0 Å².